The largest absolute Gasteiger partial charge is 0.393 e. The summed E-state index contributed by atoms with van der Waals surface area (Å²) in [6.07, 6.45) is 13.8. The topological polar surface area (TPSA) is 40.5 Å². The molecular weight excluding hydrogens is 368 g/mol. The predicted molar refractivity (Wildman–Crippen MR) is 127 cm³/mol. The zero-order valence-electron chi connectivity index (χ0n) is 20.2. The second-order valence-electron chi connectivity index (χ2n) is 11.4. The average Bonchev–Trinajstić information content (AvgIpc) is 3.04. The van der Waals surface area contributed by atoms with Crippen molar-refractivity contribution in [3.05, 3.63) is 35.5 Å². The van der Waals surface area contributed by atoms with E-state index in [4.69, 9.17) is 0 Å². The summed E-state index contributed by atoms with van der Waals surface area (Å²) in [4.78, 5) is 0. The van der Waals surface area contributed by atoms with Gasteiger partial charge in [-0.2, -0.15) is 0 Å². The lowest BCUT2D eigenvalue weighted by Gasteiger charge is -2.44. The van der Waals surface area contributed by atoms with Crippen LogP contribution in [0.5, 0.6) is 0 Å². The summed E-state index contributed by atoms with van der Waals surface area (Å²) >= 11 is 0. The summed E-state index contributed by atoms with van der Waals surface area (Å²) < 4.78 is 0. The van der Waals surface area contributed by atoms with Crippen LogP contribution < -0.4 is 0 Å². The SMILES string of the molecule is C=C1/C(=C\C=C2/CCCC3(C)C2CC[C@@H]3[C@H](C)CCC(C)C(C)C)C[C@@H](O)C[C@@H]1O. The lowest BCUT2D eigenvalue weighted by atomic mass is 9.60. The van der Waals surface area contributed by atoms with E-state index < -0.39 is 12.2 Å². The van der Waals surface area contributed by atoms with Gasteiger partial charge in [-0.25, -0.2) is 0 Å². The molecule has 7 atom stereocenters. The number of rotatable bonds is 6. The summed E-state index contributed by atoms with van der Waals surface area (Å²) in [6.45, 7) is 16.3. The molecule has 0 saturated heterocycles. The van der Waals surface area contributed by atoms with Gasteiger partial charge in [0.2, 0.25) is 0 Å². The van der Waals surface area contributed by atoms with Gasteiger partial charge in [-0.15, -0.1) is 0 Å². The fourth-order valence-corrected chi connectivity index (χ4v) is 6.74. The maximum absolute atomic E-state index is 10.1. The van der Waals surface area contributed by atoms with Crippen LogP contribution in [0, 0.1) is 35.0 Å². The first-order chi connectivity index (χ1) is 14.1. The Morgan fingerprint density at radius 1 is 1.10 bits per heavy atom. The van der Waals surface area contributed by atoms with Crippen LogP contribution in [0.1, 0.15) is 92.4 Å². The maximum atomic E-state index is 10.1. The highest BCUT2D eigenvalue weighted by Gasteiger charge is 2.50. The van der Waals surface area contributed by atoms with Crippen molar-refractivity contribution in [2.75, 3.05) is 0 Å². The van der Waals surface area contributed by atoms with Gasteiger partial charge in [0.05, 0.1) is 12.2 Å². The molecule has 3 saturated carbocycles. The second kappa shape index (κ2) is 9.74. The highest BCUT2D eigenvalue weighted by atomic mass is 16.3. The zero-order chi connectivity index (χ0) is 22.1. The van der Waals surface area contributed by atoms with Gasteiger partial charge in [0, 0.05) is 6.42 Å². The smallest absolute Gasteiger partial charge is 0.0811 e. The van der Waals surface area contributed by atoms with Crippen LogP contribution in [-0.2, 0) is 0 Å². The molecule has 30 heavy (non-hydrogen) atoms. The van der Waals surface area contributed by atoms with Gasteiger partial charge in [0.15, 0.2) is 0 Å². The molecule has 170 valence electrons. The third-order valence-corrected chi connectivity index (χ3v) is 9.20. The molecule has 3 unspecified atom stereocenters. The molecule has 0 spiro atoms. The minimum atomic E-state index is -0.597. The summed E-state index contributed by atoms with van der Waals surface area (Å²) in [5.41, 5.74) is 3.87. The Kier molecular flexibility index (Phi) is 7.72. The third kappa shape index (κ3) is 4.96. The van der Waals surface area contributed by atoms with Crippen molar-refractivity contribution in [1.82, 2.24) is 0 Å². The van der Waals surface area contributed by atoms with Gasteiger partial charge in [0.1, 0.15) is 0 Å². The normalized spacial score (nSPS) is 39.5. The van der Waals surface area contributed by atoms with Crippen molar-refractivity contribution >= 4 is 0 Å². The van der Waals surface area contributed by atoms with Crippen molar-refractivity contribution in [1.29, 1.82) is 0 Å². The fraction of sp³-hybridized carbons (Fsp3) is 0.786. The Balaban J connectivity index is 1.72. The van der Waals surface area contributed by atoms with Crippen molar-refractivity contribution < 1.29 is 10.2 Å². The van der Waals surface area contributed by atoms with E-state index in [2.05, 4.69) is 53.3 Å². The van der Waals surface area contributed by atoms with Crippen LogP contribution >= 0.6 is 0 Å². The first kappa shape index (κ1) is 23.8. The molecule has 2 heteroatoms. The van der Waals surface area contributed by atoms with Crippen LogP contribution in [0.2, 0.25) is 0 Å². The second-order valence-corrected chi connectivity index (χ2v) is 11.4. The van der Waals surface area contributed by atoms with E-state index in [-0.39, 0.29) is 0 Å². The Bertz CT molecular complexity index is 672. The number of hydrogen-bond donors (Lipinski definition) is 2. The number of aliphatic hydroxyl groups is 2. The molecule has 3 aliphatic carbocycles. The van der Waals surface area contributed by atoms with Crippen LogP contribution in [0.4, 0.5) is 0 Å². The molecule has 0 aromatic carbocycles. The molecule has 0 aliphatic heterocycles. The van der Waals surface area contributed by atoms with E-state index in [1.807, 2.05) is 0 Å². The molecule has 0 aromatic rings. The molecule has 3 fully saturated rings. The minimum Gasteiger partial charge on any atom is -0.393 e. The average molecular weight is 415 g/mol. The number of hydrogen-bond acceptors (Lipinski definition) is 2. The molecule has 2 N–H and O–H groups in total. The fourth-order valence-electron chi connectivity index (χ4n) is 6.74. The van der Waals surface area contributed by atoms with E-state index in [9.17, 15) is 10.2 Å². The van der Waals surface area contributed by atoms with Crippen LogP contribution in [0.15, 0.2) is 35.5 Å². The van der Waals surface area contributed by atoms with Crippen LogP contribution in [0.25, 0.3) is 0 Å². The zero-order valence-corrected chi connectivity index (χ0v) is 20.2. The molecule has 0 bridgehead atoms. The van der Waals surface area contributed by atoms with Gasteiger partial charge >= 0.3 is 0 Å². The Hall–Kier alpha value is -0.860. The van der Waals surface area contributed by atoms with E-state index >= 15 is 0 Å². The lowest BCUT2D eigenvalue weighted by Crippen LogP contribution is -2.36. The van der Waals surface area contributed by atoms with E-state index in [1.165, 1.54) is 44.9 Å². The van der Waals surface area contributed by atoms with Gasteiger partial charge in [-0.05, 0) is 84.7 Å². The molecular formula is C28H46O2. The minimum absolute atomic E-state index is 0.419. The molecule has 0 amide bonds. The Labute approximate surface area is 185 Å². The molecule has 3 aliphatic rings. The molecule has 3 rings (SSSR count). The third-order valence-electron chi connectivity index (χ3n) is 9.20. The maximum Gasteiger partial charge on any atom is 0.0811 e. The highest BCUT2D eigenvalue weighted by Crippen LogP contribution is 2.60. The standard InChI is InChI=1S/C28H46O2/c1-18(2)19(3)9-10-20(4)25-13-14-26-22(8-7-15-28(25,26)6)11-12-23-16-24(29)17-27(30)21(23)5/h11-12,18-20,24-27,29-30H,5,7-10,13-17H2,1-4,6H3/b22-11+,23-12-/t19?,20-,24-,25-,26?,27+,28?/m1/s1. The van der Waals surface area contributed by atoms with Gasteiger partial charge in [0.25, 0.3) is 0 Å². The quantitative estimate of drug-likeness (QED) is 0.500. The van der Waals surface area contributed by atoms with E-state index in [0.29, 0.717) is 24.2 Å². The van der Waals surface area contributed by atoms with Gasteiger partial charge < -0.3 is 10.2 Å². The van der Waals surface area contributed by atoms with E-state index in [1.54, 1.807) is 5.57 Å². The Morgan fingerprint density at radius 2 is 1.83 bits per heavy atom. The van der Waals surface area contributed by atoms with Crippen molar-refractivity contribution in [3.8, 4) is 0 Å². The number of aliphatic hydroxyl groups excluding tert-OH is 2. The number of allylic oxidation sites excluding steroid dienone is 3. The summed E-state index contributed by atoms with van der Waals surface area (Å²) in [6, 6.07) is 0. The summed E-state index contributed by atoms with van der Waals surface area (Å²) in [5, 5.41) is 20.2. The first-order valence-electron chi connectivity index (χ1n) is 12.6. The van der Waals surface area contributed by atoms with Crippen LogP contribution in [-0.4, -0.2) is 22.4 Å². The Morgan fingerprint density at radius 3 is 2.53 bits per heavy atom. The summed E-state index contributed by atoms with van der Waals surface area (Å²) in [5.74, 6) is 3.95. The van der Waals surface area contributed by atoms with Crippen molar-refractivity contribution in [2.24, 2.45) is 35.0 Å². The van der Waals surface area contributed by atoms with E-state index in [0.717, 1.165) is 34.8 Å². The highest BCUT2D eigenvalue weighted by molar-refractivity contribution is 5.38. The molecule has 0 radical (unpaired) electrons. The first-order valence-corrected chi connectivity index (χ1v) is 12.6. The number of fused-ring (bicyclic) bond motifs is 1. The lowest BCUT2D eigenvalue weighted by molar-refractivity contribution is 0.0861. The molecule has 2 nitrogen and oxygen atoms in total. The predicted octanol–water partition coefficient (Wildman–Crippen LogP) is 6.84. The van der Waals surface area contributed by atoms with Gasteiger partial charge in [-0.3, -0.25) is 0 Å². The van der Waals surface area contributed by atoms with Gasteiger partial charge in [-0.1, -0.05) is 71.8 Å². The monoisotopic (exact) mass is 414 g/mol. The van der Waals surface area contributed by atoms with Crippen molar-refractivity contribution in [2.45, 2.75) is 105 Å². The summed E-state index contributed by atoms with van der Waals surface area (Å²) in [7, 11) is 0. The molecule has 0 aromatic heterocycles. The van der Waals surface area contributed by atoms with Crippen LogP contribution in [0.3, 0.4) is 0 Å². The molecule has 0 heterocycles. The van der Waals surface area contributed by atoms with Crippen molar-refractivity contribution in [3.63, 3.8) is 0 Å².